The fourth-order valence-electron chi connectivity index (χ4n) is 3.67. The van der Waals surface area contributed by atoms with Crippen LogP contribution in [0.4, 0.5) is 5.88 Å². The van der Waals surface area contributed by atoms with Crippen molar-refractivity contribution in [1.29, 1.82) is 5.26 Å². The third-order valence-electron chi connectivity index (χ3n) is 5.46. The van der Waals surface area contributed by atoms with E-state index in [0.717, 1.165) is 11.3 Å². The molecule has 0 N–H and O–H groups in total. The van der Waals surface area contributed by atoms with E-state index in [-0.39, 0.29) is 11.6 Å². The van der Waals surface area contributed by atoms with Crippen LogP contribution >= 0.6 is 0 Å². The summed E-state index contributed by atoms with van der Waals surface area (Å²) in [7, 11) is 3.18. The third-order valence-corrected chi connectivity index (χ3v) is 5.46. The van der Waals surface area contributed by atoms with Crippen LogP contribution in [-0.2, 0) is 0 Å². The summed E-state index contributed by atoms with van der Waals surface area (Å²) >= 11 is 0. The number of ether oxygens (including phenoxy) is 2. The Bertz CT molecular complexity index is 1190. The van der Waals surface area contributed by atoms with Gasteiger partial charge in [0.05, 0.1) is 19.8 Å². The summed E-state index contributed by atoms with van der Waals surface area (Å²) in [5.74, 6) is 2.04. The molecular formula is C25H24N4O4. The molecule has 4 rings (SSSR count). The van der Waals surface area contributed by atoms with E-state index in [1.807, 2.05) is 47.4 Å². The van der Waals surface area contributed by atoms with Gasteiger partial charge in [0.15, 0.2) is 0 Å². The van der Waals surface area contributed by atoms with E-state index in [0.29, 0.717) is 49.3 Å². The van der Waals surface area contributed by atoms with Crippen molar-refractivity contribution in [2.24, 2.45) is 0 Å². The van der Waals surface area contributed by atoms with Crippen molar-refractivity contribution in [2.45, 2.75) is 0 Å². The normalized spacial score (nSPS) is 13.7. The molecule has 1 fully saturated rings. The highest BCUT2D eigenvalue weighted by Crippen LogP contribution is 2.26. The zero-order valence-corrected chi connectivity index (χ0v) is 18.5. The number of methoxy groups -OCH3 is 2. The summed E-state index contributed by atoms with van der Waals surface area (Å²) in [5.41, 5.74) is 1.73. The van der Waals surface area contributed by atoms with E-state index < -0.39 is 0 Å². The molecule has 1 amide bonds. The Balaban J connectivity index is 1.44. The summed E-state index contributed by atoms with van der Waals surface area (Å²) in [6.07, 6.45) is 3.59. The van der Waals surface area contributed by atoms with Crippen LogP contribution in [-0.4, -0.2) is 56.2 Å². The van der Waals surface area contributed by atoms with Crippen LogP contribution in [0.15, 0.2) is 52.9 Å². The van der Waals surface area contributed by atoms with Gasteiger partial charge in [0.25, 0.3) is 5.91 Å². The molecule has 0 atom stereocenters. The topological polar surface area (TPSA) is 91.8 Å². The average Bonchev–Trinajstić information content (AvgIpc) is 3.30. The molecule has 8 heteroatoms. The molecule has 8 nitrogen and oxygen atoms in total. The van der Waals surface area contributed by atoms with Gasteiger partial charge in [0.1, 0.15) is 17.6 Å². The number of para-hydroxylation sites is 1. The number of nitriles is 1. The smallest absolute Gasteiger partial charge is 0.257 e. The second-order valence-corrected chi connectivity index (χ2v) is 7.40. The number of hydrogen-bond acceptors (Lipinski definition) is 7. The van der Waals surface area contributed by atoms with Gasteiger partial charge in [-0.25, -0.2) is 0 Å². The fourth-order valence-corrected chi connectivity index (χ4v) is 3.67. The van der Waals surface area contributed by atoms with Crippen LogP contribution in [0.3, 0.4) is 0 Å². The van der Waals surface area contributed by atoms with Crippen LogP contribution in [0.5, 0.6) is 11.5 Å². The van der Waals surface area contributed by atoms with E-state index in [9.17, 15) is 10.1 Å². The van der Waals surface area contributed by atoms with Crippen molar-refractivity contribution in [3.05, 3.63) is 71.2 Å². The number of aromatic nitrogens is 1. The Morgan fingerprint density at radius 1 is 1.03 bits per heavy atom. The van der Waals surface area contributed by atoms with Crippen LogP contribution in [0, 0.1) is 11.3 Å². The molecule has 0 spiro atoms. The third kappa shape index (κ3) is 4.83. The Morgan fingerprint density at radius 3 is 2.42 bits per heavy atom. The van der Waals surface area contributed by atoms with Gasteiger partial charge in [-0.3, -0.25) is 4.79 Å². The monoisotopic (exact) mass is 444 g/mol. The predicted molar refractivity (Wildman–Crippen MR) is 124 cm³/mol. The van der Waals surface area contributed by atoms with Gasteiger partial charge in [-0.1, -0.05) is 24.3 Å². The summed E-state index contributed by atoms with van der Waals surface area (Å²) in [6, 6.07) is 16.9. The van der Waals surface area contributed by atoms with Crippen molar-refractivity contribution in [3.8, 4) is 17.6 Å². The minimum absolute atomic E-state index is 0.0757. The Morgan fingerprint density at radius 2 is 1.76 bits per heavy atom. The van der Waals surface area contributed by atoms with Gasteiger partial charge in [-0.15, -0.1) is 0 Å². The maximum atomic E-state index is 12.9. The highest BCUT2D eigenvalue weighted by atomic mass is 16.5. The molecular weight excluding hydrogens is 420 g/mol. The standard InChI is InChI=1S/C25H24N4O4/c1-31-19-10-7-18(8-11-19)9-12-23-27-21(17-26)25(33-23)29-15-13-28(14-16-29)24(30)20-5-3-4-6-22(20)32-2/h3-12H,13-16H2,1-2H3/b12-9+. The highest BCUT2D eigenvalue weighted by Gasteiger charge is 2.27. The fraction of sp³-hybridized carbons (Fsp3) is 0.240. The van der Waals surface area contributed by atoms with E-state index in [2.05, 4.69) is 11.1 Å². The van der Waals surface area contributed by atoms with Crippen LogP contribution in [0.1, 0.15) is 27.5 Å². The number of piperazine rings is 1. The first-order valence-electron chi connectivity index (χ1n) is 10.5. The molecule has 1 aliphatic rings. The number of carbonyl (C=O) groups excluding carboxylic acids is 1. The number of anilines is 1. The summed E-state index contributed by atoms with van der Waals surface area (Å²) in [5, 5.41) is 9.54. The summed E-state index contributed by atoms with van der Waals surface area (Å²) in [4.78, 5) is 21.0. The number of nitrogens with zero attached hydrogens (tertiary/aromatic N) is 4. The lowest BCUT2D eigenvalue weighted by molar-refractivity contribution is 0.0742. The molecule has 1 aromatic heterocycles. The van der Waals surface area contributed by atoms with E-state index in [1.54, 1.807) is 37.3 Å². The zero-order chi connectivity index (χ0) is 23.2. The molecule has 2 heterocycles. The summed E-state index contributed by atoms with van der Waals surface area (Å²) < 4.78 is 16.4. The molecule has 0 aliphatic carbocycles. The quantitative estimate of drug-likeness (QED) is 0.572. The van der Waals surface area contributed by atoms with Gasteiger partial charge < -0.3 is 23.7 Å². The molecule has 0 saturated carbocycles. The first-order valence-corrected chi connectivity index (χ1v) is 10.5. The molecule has 168 valence electrons. The van der Waals surface area contributed by atoms with Gasteiger partial charge in [0.2, 0.25) is 17.5 Å². The van der Waals surface area contributed by atoms with Crippen LogP contribution in [0.25, 0.3) is 12.2 Å². The van der Waals surface area contributed by atoms with Crippen molar-refractivity contribution in [2.75, 3.05) is 45.3 Å². The molecule has 2 aromatic carbocycles. The van der Waals surface area contributed by atoms with Crippen molar-refractivity contribution in [3.63, 3.8) is 0 Å². The Kier molecular flexibility index (Phi) is 6.60. The van der Waals surface area contributed by atoms with E-state index >= 15 is 0 Å². The van der Waals surface area contributed by atoms with Crippen molar-refractivity contribution >= 4 is 23.9 Å². The van der Waals surface area contributed by atoms with Gasteiger partial charge in [-0.2, -0.15) is 10.2 Å². The average molecular weight is 444 g/mol. The SMILES string of the molecule is COc1ccc(/C=C/c2nc(C#N)c(N3CCN(C(=O)c4ccccc4OC)CC3)o2)cc1. The molecule has 0 radical (unpaired) electrons. The van der Waals surface area contributed by atoms with Crippen molar-refractivity contribution < 1.29 is 18.7 Å². The van der Waals surface area contributed by atoms with Gasteiger partial charge >= 0.3 is 0 Å². The number of rotatable bonds is 6. The maximum absolute atomic E-state index is 12.9. The van der Waals surface area contributed by atoms with Gasteiger partial charge in [-0.05, 0) is 35.9 Å². The maximum Gasteiger partial charge on any atom is 0.257 e. The number of hydrogen-bond donors (Lipinski definition) is 0. The lowest BCUT2D eigenvalue weighted by Crippen LogP contribution is -2.49. The number of carbonyl (C=O) groups is 1. The van der Waals surface area contributed by atoms with E-state index in [4.69, 9.17) is 13.9 Å². The lowest BCUT2D eigenvalue weighted by Gasteiger charge is -2.34. The highest BCUT2D eigenvalue weighted by molar-refractivity contribution is 5.97. The molecule has 1 saturated heterocycles. The second-order valence-electron chi connectivity index (χ2n) is 7.40. The lowest BCUT2D eigenvalue weighted by atomic mass is 10.1. The van der Waals surface area contributed by atoms with Gasteiger partial charge in [0, 0.05) is 32.3 Å². The first-order chi connectivity index (χ1) is 16.1. The zero-order valence-electron chi connectivity index (χ0n) is 18.5. The minimum atomic E-state index is -0.0757. The number of oxazole rings is 1. The van der Waals surface area contributed by atoms with Crippen molar-refractivity contribution in [1.82, 2.24) is 9.88 Å². The molecule has 33 heavy (non-hydrogen) atoms. The minimum Gasteiger partial charge on any atom is -0.497 e. The number of amides is 1. The largest absolute Gasteiger partial charge is 0.497 e. The summed E-state index contributed by atoms with van der Waals surface area (Å²) in [6.45, 7) is 2.07. The number of benzene rings is 2. The molecule has 0 bridgehead atoms. The Labute approximate surface area is 192 Å². The van der Waals surface area contributed by atoms with Crippen LogP contribution < -0.4 is 14.4 Å². The Hall–Kier alpha value is -4.25. The van der Waals surface area contributed by atoms with E-state index in [1.165, 1.54) is 0 Å². The molecule has 0 unspecified atom stereocenters. The second kappa shape index (κ2) is 9.92. The first kappa shape index (κ1) is 22.0. The predicted octanol–water partition coefficient (Wildman–Crippen LogP) is 3.70. The molecule has 3 aromatic rings. The van der Waals surface area contributed by atoms with Crippen LogP contribution in [0.2, 0.25) is 0 Å². The molecule has 1 aliphatic heterocycles.